The van der Waals surface area contributed by atoms with E-state index in [9.17, 15) is 13.2 Å². The molecule has 3 unspecified atom stereocenters. The first-order valence-corrected chi connectivity index (χ1v) is 8.86. The van der Waals surface area contributed by atoms with Crippen molar-refractivity contribution in [2.45, 2.75) is 51.3 Å². The van der Waals surface area contributed by atoms with Gasteiger partial charge in [-0.2, -0.15) is 0 Å². The first kappa shape index (κ1) is 15.7. The van der Waals surface area contributed by atoms with Gasteiger partial charge in [-0.3, -0.25) is 4.79 Å². The summed E-state index contributed by atoms with van der Waals surface area (Å²) in [6.07, 6.45) is 0.911. The molecule has 1 heterocycles. The molecule has 2 aliphatic rings. The Hall–Kier alpha value is -0.660. The third kappa shape index (κ3) is 2.46. The van der Waals surface area contributed by atoms with Crippen LogP contribution in [0, 0.1) is 5.41 Å². The summed E-state index contributed by atoms with van der Waals surface area (Å²) < 4.78 is 28.4. The molecule has 3 atom stereocenters. The molecule has 0 spiro atoms. The average Bonchev–Trinajstić information content (AvgIpc) is 2.68. The van der Waals surface area contributed by atoms with Crippen molar-refractivity contribution in [3.8, 4) is 0 Å². The average molecular weight is 304 g/mol. The summed E-state index contributed by atoms with van der Waals surface area (Å²) in [5, 5.41) is 2.80. The lowest BCUT2D eigenvalue weighted by Crippen LogP contribution is -2.76. The van der Waals surface area contributed by atoms with Crippen LogP contribution in [0.25, 0.3) is 0 Å². The molecule has 0 aromatic rings. The zero-order chi connectivity index (χ0) is 15.2. The van der Waals surface area contributed by atoms with E-state index in [0.29, 0.717) is 19.4 Å². The van der Waals surface area contributed by atoms with Gasteiger partial charge in [-0.15, -0.1) is 0 Å². The van der Waals surface area contributed by atoms with E-state index in [0.717, 1.165) is 0 Å². The SMILES string of the molecule is CCOC1CC(N)(C(=O)NC2CCS(=O)(=O)C2)C1(C)C. The highest BCUT2D eigenvalue weighted by Gasteiger charge is 2.63. The van der Waals surface area contributed by atoms with Gasteiger partial charge in [0.05, 0.1) is 17.6 Å². The van der Waals surface area contributed by atoms with Crippen LogP contribution in [0.15, 0.2) is 0 Å². The number of hydrogen-bond donors (Lipinski definition) is 2. The Bertz CT molecular complexity index is 503. The monoisotopic (exact) mass is 304 g/mol. The van der Waals surface area contributed by atoms with Gasteiger partial charge in [-0.25, -0.2) is 8.42 Å². The largest absolute Gasteiger partial charge is 0.378 e. The quantitative estimate of drug-likeness (QED) is 0.751. The Labute approximate surface area is 120 Å². The predicted octanol–water partition coefficient (Wildman–Crippen LogP) is -0.178. The second kappa shape index (κ2) is 4.96. The number of nitrogens with two attached hydrogens (primary N) is 1. The van der Waals surface area contributed by atoms with Gasteiger partial charge in [0.1, 0.15) is 5.54 Å². The Morgan fingerprint density at radius 2 is 2.10 bits per heavy atom. The maximum absolute atomic E-state index is 12.4. The molecule has 0 aromatic heterocycles. The number of hydrogen-bond acceptors (Lipinski definition) is 5. The molecule has 6 nitrogen and oxygen atoms in total. The minimum absolute atomic E-state index is 0.0180. The van der Waals surface area contributed by atoms with Crippen molar-refractivity contribution in [2.24, 2.45) is 11.1 Å². The zero-order valence-corrected chi connectivity index (χ0v) is 13.1. The van der Waals surface area contributed by atoms with Crippen LogP contribution in [-0.2, 0) is 19.4 Å². The van der Waals surface area contributed by atoms with Crippen LogP contribution in [0.1, 0.15) is 33.6 Å². The summed E-state index contributed by atoms with van der Waals surface area (Å²) in [6.45, 7) is 6.34. The standard InChI is InChI=1S/C13H24N2O4S/c1-4-19-10-7-13(14,12(10,2)3)11(16)15-9-5-6-20(17,18)8-9/h9-10H,4-8,14H2,1-3H3,(H,15,16). The number of sulfone groups is 1. The van der Waals surface area contributed by atoms with Crippen molar-refractivity contribution < 1.29 is 17.9 Å². The van der Waals surface area contributed by atoms with E-state index in [2.05, 4.69) is 5.32 Å². The van der Waals surface area contributed by atoms with Gasteiger partial charge >= 0.3 is 0 Å². The van der Waals surface area contributed by atoms with E-state index in [1.165, 1.54) is 0 Å². The van der Waals surface area contributed by atoms with Crippen LogP contribution >= 0.6 is 0 Å². The van der Waals surface area contributed by atoms with Crippen LogP contribution in [0.3, 0.4) is 0 Å². The smallest absolute Gasteiger partial charge is 0.241 e. The van der Waals surface area contributed by atoms with Crippen molar-refractivity contribution in [2.75, 3.05) is 18.1 Å². The zero-order valence-electron chi connectivity index (χ0n) is 12.3. The molecule has 0 radical (unpaired) electrons. The van der Waals surface area contributed by atoms with Gasteiger partial charge in [0, 0.05) is 24.5 Å². The van der Waals surface area contributed by atoms with Crippen molar-refractivity contribution in [3.05, 3.63) is 0 Å². The summed E-state index contributed by atoms with van der Waals surface area (Å²) in [7, 11) is -3.00. The molecule has 0 bridgehead atoms. The van der Waals surface area contributed by atoms with Crippen molar-refractivity contribution >= 4 is 15.7 Å². The third-order valence-electron chi connectivity index (χ3n) is 4.80. The molecule has 1 saturated carbocycles. The maximum Gasteiger partial charge on any atom is 0.241 e. The molecule has 116 valence electrons. The summed E-state index contributed by atoms with van der Waals surface area (Å²) in [5.74, 6) is -0.106. The molecule has 0 aromatic carbocycles. The molecule has 20 heavy (non-hydrogen) atoms. The van der Waals surface area contributed by atoms with Crippen LogP contribution in [0.2, 0.25) is 0 Å². The summed E-state index contributed by atoms with van der Waals surface area (Å²) in [5.41, 5.74) is 4.81. The fraction of sp³-hybridized carbons (Fsp3) is 0.923. The molecule has 2 rings (SSSR count). The van der Waals surface area contributed by atoms with E-state index < -0.39 is 20.8 Å². The Kier molecular flexibility index (Phi) is 3.90. The molecular weight excluding hydrogens is 280 g/mol. The number of nitrogens with one attached hydrogen (secondary N) is 1. The van der Waals surface area contributed by atoms with Crippen LogP contribution < -0.4 is 11.1 Å². The number of ether oxygens (including phenoxy) is 1. The molecule has 1 aliphatic heterocycles. The highest BCUT2D eigenvalue weighted by molar-refractivity contribution is 7.91. The predicted molar refractivity (Wildman–Crippen MR) is 75.9 cm³/mol. The fourth-order valence-electron chi connectivity index (χ4n) is 3.04. The molecule has 1 amide bonds. The molecule has 2 fully saturated rings. The van der Waals surface area contributed by atoms with Gasteiger partial charge in [-0.05, 0) is 13.3 Å². The fourth-order valence-corrected chi connectivity index (χ4v) is 4.72. The number of rotatable bonds is 4. The van der Waals surface area contributed by atoms with Gasteiger partial charge in [-0.1, -0.05) is 13.8 Å². The molecule has 1 saturated heterocycles. The van der Waals surface area contributed by atoms with Gasteiger partial charge < -0.3 is 15.8 Å². The normalized spacial score (nSPS) is 38.2. The Balaban J connectivity index is 2.00. The van der Waals surface area contributed by atoms with Crippen molar-refractivity contribution in [1.29, 1.82) is 0 Å². The highest BCUT2D eigenvalue weighted by Crippen LogP contribution is 2.49. The summed E-state index contributed by atoms with van der Waals surface area (Å²) in [6, 6.07) is -0.310. The Morgan fingerprint density at radius 1 is 1.45 bits per heavy atom. The minimum Gasteiger partial charge on any atom is -0.378 e. The van der Waals surface area contributed by atoms with Crippen LogP contribution in [0.4, 0.5) is 0 Å². The van der Waals surface area contributed by atoms with E-state index in [4.69, 9.17) is 10.5 Å². The minimum atomic E-state index is -3.00. The van der Waals surface area contributed by atoms with Gasteiger partial charge in [0.2, 0.25) is 5.91 Å². The maximum atomic E-state index is 12.4. The highest BCUT2D eigenvalue weighted by atomic mass is 32.2. The molecule has 1 aliphatic carbocycles. The van der Waals surface area contributed by atoms with Crippen LogP contribution in [0.5, 0.6) is 0 Å². The van der Waals surface area contributed by atoms with E-state index >= 15 is 0 Å². The Morgan fingerprint density at radius 3 is 2.55 bits per heavy atom. The summed E-state index contributed by atoms with van der Waals surface area (Å²) in [4.78, 5) is 12.4. The molecule has 3 N–H and O–H groups in total. The van der Waals surface area contributed by atoms with E-state index in [1.807, 2.05) is 20.8 Å². The summed E-state index contributed by atoms with van der Waals surface area (Å²) >= 11 is 0. The lowest BCUT2D eigenvalue weighted by atomic mass is 9.54. The number of amides is 1. The second-order valence-corrected chi connectivity index (χ2v) is 8.64. The van der Waals surface area contributed by atoms with E-state index in [1.54, 1.807) is 0 Å². The topological polar surface area (TPSA) is 98.5 Å². The second-order valence-electron chi connectivity index (χ2n) is 6.41. The third-order valence-corrected chi connectivity index (χ3v) is 6.57. The first-order chi connectivity index (χ1) is 9.12. The van der Waals surface area contributed by atoms with Crippen molar-refractivity contribution in [1.82, 2.24) is 5.32 Å². The van der Waals surface area contributed by atoms with Crippen molar-refractivity contribution in [3.63, 3.8) is 0 Å². The number of carbonyl (C=O) groups is 1. The lowest BCUT2D eigenvalue weighted by Gasteiger charge is -2.57. The first-order valence-electron chi connectivity index (χ1n) is 7.04. The van der Waals surface area contributed by atoms with E-state index in [-0.39, 0.29) is 29.6 Å². The number of carbonyl (C=O) groups excluding carboxylic acids is 1. The molecule has 7 heteroatoms. The van der Waals surface area contributed by atoms with Gasteiger partial charge in [0.15, 0.2) is 9.84 Å². The van der Waals surface area contributed by atoms with Crippen LogP contribution in [-0.4, -0.2) is 50.1 Å². The lowest BCUT2D eigenvalue weighted by molar-refractivity contribution is -0.171. The molecular formula is C13H24N2O4S. The van der Waals surface area contributed by atoms with Gasteiger partial charge in [0.25, 0.3) is 0 Å².